The second kappa shape index (κ2) is 6.78. The predicted molar refractivity (Wildman–Crippen MR) is 98.2 cm³/mol. The lowest BCUT2D eigenvalue weighted by Crippen LogP contribution is -2.20. The molecule has 0 aliphatic rings. The molecule has 0 saturated carbocycles. The Balaban J connectivity index is 1.98. The molecule has 1 heterocycles. The molecule has 0 radical (unpaired) electrons. The number of fused-ring (bicyclic) bond motifs is 1. The van der Waals surface area contributed by atoms with Crippen molar-refractivity contribution in [2.45, 2.75) is 0 Å². The molecule has 0 spiro atoms. The van der Waals surface area contributed by atoms with Gasteiger partial charge in [-0.25, -0.2) is 22.5 Å². The van der Waals surface area contributed by atoms with E-state index in [1.807, 2.05) is 60.7 Å². The summed E-state index contributed by atoms with van der Waals surface area (Å²) in [5.41, 5.74) is -0.472. The molecular formula is C19H10F4NPS. The largest absolute Gasteiger partial charge is 0.232 e. The molecule has 0 saturated heterocycles. The number of rotatable bonds is 3. The number of hydrogen-bond donors (Lipinski definition) is 0. The number of halogens is 4. The summed E-state index contributed by atoms with van der Waals surface area (Å²) in [5.74, 6) is -6.51. The lowest BCUT2D eigenvalue weighted by Gasteiger charge is -2.15. The summed E-state index contributed by atoms with van der Waals surface area (Å²) < 4.78 is 55.5. The van der Waals surface area contributed by atoms with Crippen LogP contribution in [0.5, 0.6) is 0 Å². The minimum absolute atomic E-state index is 0.309. The molecule has 0 bridgehead atoms. The highest BCUT2D eigenvalue weighted by Gasteiger charge is 2.27. The fraction of sp³-hybridized carbons (Fsp3) is 0. The average Bonchev–Trinajstić information content (AvgIpc) is 3.12. The number of nitrogens with zero attached hydrogens (tertiary/aromatic N) is 1. The molecule has 0 N–H and O–H groups in total. The van der Waals surface area contributed by atoms with Crippen molar-refractivity contribution in [3.05, 3.63) is 83.9 Å². The number of thiazole rings is 1. The summed E-state index contributed by atoms with van der Waals surface area (Å²) in [5, 5.41) is 1.85. The quantitative estimate of drug-likeness (QED) is 0.215. The zero-order valence-electron chi connectivity index (χ0n) is 13.1. The van der Waals surface area contributed by atoms with Crippen molar-refractivity contribution in [2.24, 2.45) is 0 Å². The Kier molecular flexibility index (Phi) is 4.47. The van der Waals surface area contributed by atoms with Gasteiger partial charge in [-0.2, -0.15) is 0 Å². The highest BCUT2D eigenvalue weighted by Crippen LogP contribution is 2.38. The molecule has 4 rings (SSSR count). The molecule has 0 atom stereocenters. The van der Waals surface area contributed by atoms with Gasteiger partial charge in [0.25, 0.3) is 0 Å². The van der Waals surface area contributed by atoms with Gasteiger partial charge in [-0.15, -0.1) is 11.3 Å². The fourth-order valence-electron chi connectivity index (χ4n) is 2.62. The maximum Gasteiger partial charge on any atom is 0.199 e. The van der Waals surface area contributed by atoms with Crippen molar-refractivity contribution < 1.29 is 17.6 Å². The van der Waals surface area contributed by atoms with Crippen LogP contribution in [0.4, 0.5) is 17.6 Å². The molecule has 130 valence electrons. The van der Waals surface area contributed by atoms with Crippen LogP contribution in [-0.4, -0.2) is 4.98 Å². The Hall–Kier alpha value is -2.30. The summed E-state index contributed by atoms with van der Waals surface area (Å²) in [6.45, 7) is 0. The third-order valence-corrected chi connectivity index (χ3v) is 7.61. The normalized spacial score (nSPS) is 11.4. The molecule has 0 unspecified atom stereocenters. The van der Waals surface area contributed by atoms with Crippen LogP contribution in [-0.2, 0) is 0 Å². The lowest BCUT2D eigenvalue weighted by molar-refractivity contribution is 0.418. The van der Waals surface area contributed by atoms with Gasteiger partial charge in [0.1, 0.15) is 10.3 Å². The summed E-state index contributed by atoms with van der Waals surface area (Å²) in [6, 6.07) is 18.8. The average molecular weight is 391 g/mol. The highest BCUT2D eigenvalue weighted by atomic mass is 32.1. The fourth-order valence-corrected chi connectivity index (χ4v) is 6.50. The van der Waals surface area contributed by atoms with Crippen molar-refractivity contribution in [1.82, 2.24) is 4.98 Å². The first kappa shape index (κ1) is 17.1. The Labute approximate surface area is 151 Å². The third-order valence-electron chi connectivity index (χ3n) is 3.82. The van der Waals surface area contributed by atoms with Gasteiger partial charge in [0.05, 0.1) is 4.70 Å². The molecule has 0 amide bonds. The van der Waals surface area contributed by atoms with Crippen molar-refractivity contribution in [1.29, 1.82) is 0 Å². The van der Waals surface area contributed by atoms with E-state index in [2.05, 4.69) is 4.98 Å². The van der Waals surface area contributed by atoms with Gasteiger partial charge in [0.2, 0.25) is 0 Å². The second-order valence-electron chi connectivity index (χ2n) is 5.44. The predicted octanol–water partition coefficient (Wildman–Crippen LogP) is 4.61. The molecule has 26 heavy (non-hydrogen) atoms. The Morgan fingerprint density at radius 3 is 1.69 bits per heavy atom. The van der Waals surface area contributed by atoms with Crippen LogP contribution in [0.25, 0.3) is 10.2 Å². The summed E-state index contributed by atoms with van der Waals surface area (Å²) in [6.07, 6.45) is 0. The van der Waals surface area contributed by atoms with Crippen molar-refractivity contribution >= 4 is 44.8 Å². The van der Waals surface area contributed by atoms with E-state index in [1.165, 1.54) is 0 Å². The summed E-state index contributed by atoms with van der Waals surface area (Å²) >= 11 is 0.855. The molecule has 1 aromatic heterocycles. The standard InChI is InChI=1S/C19H10F4NPS/c20-13-14(21)16(23)18-17(15(13)22)24-19(26-18)25(11-7-3-1-4-8-11)12-9-5-2-6-10-12/h1-10H. The van der Waals surface area contributed by atoms with Gasteiger partial charge >= 0.3 is 0 Å². The van der Waals surface area contributed by atoms with E-state index in [4.69, 9.17) is 0 Å². The van der Waals surface area contributed by atoms with Crippen LogP contribution in [0.1, 0.15) is 0 Å². The van der Waals surface area contributed by atoms with Gasteiger partial charge in [-0.3, -0.25) is 0 Å². The highest BCUT2D eigenvalue weighted by molar-refractivity contribution is 7.84. The van der Waals surface area contributed by atoms with E-state index in [0.717, 1.165) is 21.9 Å². The van der Waals surface area contributed by atoms with Crippen molar-refractivity contribution in [2.75, 3.05) is 0 Å². The molecule has 4 aromatic rings. The number of hydrogen-bond acceptors (Lipinski definition) is 2. The van der Waals surface area contributed by atoms with Gasteiger partial charge in [-0.1, -0.05) is 60.7 Å². The minimum atomic E-state index is -1.84. The van der Waals surface area contributed by atoms with Gasteiger partial charge in [0.15, 0.2) is 23.3 Å². The zero-order chi connectivity index (χ0) is 18.3. The molecule has 1 nitrogen and oxygen atoms in total. The maximum atomic E-state index is 14.1. The first-order chi connectivity index (χ1) is 12.6. The monoisotopic (exact) mass is 391 g/mol. The van der Waals surface area contributed by atoms with E-state index >= 15 is 0 Å². The van der Waals surface area contributed by atoms with Crippen molar-refractivity contribution in [3.63, 3.8) is 0 Å². The van der Waals surface area contributed by atoms with Gasteiger partial charge in [0, 0.05) is 7.92 Å². The SMILES string of the molecule is Fc1c(F)c(F)c2sc(P(c3ccccc3)c3ccccc3)nc2c1F. The maximum absolute atomic E-state index is 14.1. The van der Waals surface area contributed by atoms with Crippen LogP contribution in [0.3, 0.4) is 0 Å². The van der Waals surface area contributed by atoms with E-state index in [0.29, 0.717) is 4.75 Å². The van der Waals surface area contributed by atoms with Crippen LogP contribution in [0.15, 0.2) is 60.7 Å². The van der Waals surface area contributed by atoms with Gasteiger partial charge < -0.3 is 0 Å². The van der Waals surface area contributed by atoms with E-state index in [1.54, 1.807) is 0 Å². The molecule has 3 aromatic carbocycles. The minimum Gasteiger partial charge on any atom is -0.232 e. The third kappa shape index (κ3) is 2.79. The Morgan fingerprint density at radius 1 is 0.654 bits per heavy atom. The van der Waals surface area contributed by atoms with E-state index in [-0.39, 0.29) is 4.70 Å². The zero-order valence-corrected chi connectivity index (χ0v) is 14.8. The van der Waals surface area contributed by atoms with Crippen LogP contribution >= 0.6 is 19.3 Å². The summed E-state index contributed by atoms with van der Waals surface area (Å²) in [7, 11) is -1.21. The molecule has 0 aliphatic carbocycles. The van der Waals surface area contributed by atoms with E-state index < -0.39 is 36.7 Å². The molecular weight excluding hydrogens is 381 g/mol. The Morgan fingerprint density at radius 2 is 1.15 bits per heavy atom. The molecule has 0 aliphatic heterocycles. The number of benzene rings is 3. The van der Waals surface area contributed by atoms with Crippen LogP contribution in [0, 0.1) is 23.3 Å². The first-order valence-electron chi connectivity index (χ1n) is 7.60. The lowest BCUT2D eigenvalue weighted by atomic mass is 10.3. The number of aromatic nitrogens is 1. The second-order valence-corrected chi connectivity index (χ2v) is 8.87. The first-order valence-corrected chi connectivity index (χ1v) is 9.76. The molecule has 7 heteroatoms. The topological polar surface area (TPSA) is 12.9 Å². The molecule has 0 fully saturated rings. The Bertz CT molecular complexity index is 999. The van der Waals surface area contributed by atoms with Crippen LogP contribution < -0.4 is 15.4 Å². The summed E-state index contributed by atoms with van der Waals surface area (Å²) in [4.78, 5) is 4.15. The van der Waals surface area contributed by atoms with Crippen LogP contribution in [0.2, 0.25) is 0 Å². The van der Waals surface area contributed by atoms with E-state index in [9.17, 15) is 17.6 Å². The smallest absolute Gasteiger partial charge is 0.199 e. The van der Waals surface area contributed by atoms with Crippen molar-refractivity contribution in [3.8, 4) is 0 Å². The van der Waals surface area contributed by atoms with Gasteiger partial charge in [-0.05, 0) is 10.6 Å².